The number of hydrogen-bond acceptors (Lipinski definition) is 5. The van der Waals surface area contributed by atoms with Gasteiger partial charge >= 0.3 is 6.47 Å². The second kappa shape index (κ2) is 6.76. The van der Waals surface area contributed by atoms with Crippen LogP contribution in [0.3, 0.4) is 0 Å². The third kappa shape index (κ3) is 3.85. The maximum Gasteiger partial charge on any atom is 0.313 e. The minimum absolute atomic E-state index is 0.438. The molecule has 5 heteroatoms. The molecule has 0 spiro atoms. The van der Waals surface area contributed by atoms with Gasteiger partial charge in [0.25, 0.3) is 0 Å². The molecule has 18 heavy (non-hydrogen) atoms. The maximum absolute atomic E-state index is 10.2. The van der Waals surface area contributed by atoms with E-state index in [0.29, 0.717) is 19.6 Å². The fraction of sp³-hybridized carbons (Fsp3) is 0.385. The molecule has 5 nitrogen and oxygen atoms in total. The SMILES string of the molecule is O=CON1CCCC(=NOCc2ccccc2)C1. The fourth-order valence-corrected chi connectivity index (χ4v) is 1.82. The van der Waals surface area contributed by atoms with Gasteiger partial charge in [0.05, 0.1) is 12.3 Å². The minimum atomic E-state index is 0.438. The van der Waals surface area contributed by atoms with Crippen LogP contribution in [0, 0.1) is 0 Å². The zero-order chi connectivity index (χ0) is 12.6. The van der Waals surface area contributed by atoms with Crippen LogP contribution in [-0.4, -0.2) is 30.3 Å². The normalized spacial score (nSPS) is 18.6. The lowest BCUT2D eigenvalue weighted by Gasteiger charge is -2.23. The second-order valence-electron chi connectivity index (χ2n) is 4.09. The lowest BCUT2D eigenvalue weighted by Crippen LogP contribution is -2.35. The van der Waals surface area contributed by atoms with Crippen LogP contribution in [-0.2, 0) is 21.1 Å². The van der Waals surface area contributed by atoms with Gasteiger partial charge in [0.2, 0.25) is 0 Å². The summed E-state index contributed by atoms with van der Waals surface area (Å²) in [5.74, 6) is 0. The predicted molar refractivity (Wildman–Crippen MR) is 66.6 cm³/mol. The van der Waals surface area contributed by atoms with E-state index in [4.69, 9.17) is 9.68 Å². The number of benzene rings is 1. The summed E-state index contributed by atoms with van der Waals surface area (Å²) in [7, 11) is 0. The molecule has 0 aliphatic carbocycles. The van der Waals surface area contributed by atoms with Gasteiger partial charge in [0.15, 0.2) is 0 Å². The van der Waals surface area contributed by atoms with Crippen molar-refractivity contribution >= 4 is 12.2 Å². The molecular weight excluding hydrogens is 232 g/mol. The second-order valence-corrected chi connectivity index (χ2v) is 4.09. The van der Waals surface area contributed by atoms with Crippen molar-refractivity contribution < 1.29 is 14.5 Å². The van der Waals surface area contributed by atoms with Crippen LogP contribution < -0.4 is 0 Å². The van der Waals surface area contributed by atoms with Crippen molar-refractivity contribution in [1.29, 1.82) is 0 Å². The summed E-state index contributed by atoms with van der Waals surface area (Å²) < 4.78 is 0. The molecule has 1 saturated heterocycles. The highest BCUT2D eigenvalue weighted by atomic mass is 16.7. The van der Waals surface area contributed by atoms with E-state index >= 15 is 0 Å². The Morgan fingerprint density at radius 3 is 2.94 bits per heavy atom. The lowest BCUT2D eigenvalue weighted by atomic mass is 10.1. The zero-order valence-electron chi connectivity index (χ0n) is 10.1. The average Bonchev–Trinajstić information content (AvgIpc) is 2.41. The van der Waals surface area contributed by atoms with E-state index in [1.54, 1.807) is 5.06 Å². The summed E-state index contributed by atoms with van der Waals surface area (Å²) in [6, 6.07) is 9.87. The number of piperidine rings is 1. The molecule has 1 aromatic carbocycles. The van der Waals surface area contributed by atoms with Crippen molar-refractivity contribution in [2.45, 2.75) is 19.4 Å². The van der Waals surface area contributed by atoms with Crippen molar-refractivity contribution in [1.82, 2.24) is 5.06 Å². The number of hydroxylamine groups is 2. The largest absolute Gasteiger partial charge is 0.391 e. The Kier molecular flexibility index (Phi) is 4.72. The van der Waals surface area contributed by atoms with Gasteiger partial charge in [-0.15, -0.1) is 5.06 Å². The van der Waals surface area contributed by atoms with E-state index in [0.717, 1.165) is 30.7 Å². The van der Waals surface area contributed by atoms with Crippen molar-refractivity contribution in [2.24, 2.45) is 5.16 Å². The van der Waals surface area contributed by atoms with Gasteiger partial charge in [0.1, 0.15) is 6.61 Å². The molecule has 1 heterocycles. The van der Waals surface area contributed by atoms with Crippen LogP contribution in [0.1, 0.15) is 18.4 Å². The summed E-state index contributed by atoms with van der Waals surface area (Å²) in [5, 5.41) is 5.67. The van der Waals surface area contributed by atoms with Crippen molar-refractivity contribution in [3.8, 4) is 0 Å². The first kappa shape index (κ1) is 12.6. The van der Waals surface area contributed by atoms with Crippen molar-refractivity contribution in [3.05, 3.63) is 35.9 Å². The molecule has 0 amide bonds. The van der Waals surface area contributed by atoms with E-state index in [2.05, 4.69) is 5.16 Å². The van der Waals surface area contributed by atoms with E-state index in [1.807, 2.05) is 30.3 Å². The Morgan fingerprint density at radius 1 is 1.33 bits per heavy atom. The molecule has 1 aliphatic rings. The monoisotopic (exact) mass is 248 g/mol. The predicted octanol–water partition coefficient (Wildman–Crippen LogP) is 1.74. The Balaban J connectivity index is 1.80. The topological polar surface area (TPSA) is 51.1 Å². The summed E-state index contributed by atoms with van der Waals surface area (Å²) in [4.78, 5) is 20.3. The van der Waals surface area contributed by atoms with Gasteiger partial charge in [-0.05, 0) is 18.4 Å². The molecular formula is C13H16N2O3. The van der Waals surface area contributed by atoms with Gasteiger partial charge in [-0.25, -0.2) is 0 Å². The molecule has 0 bridgehead atoms. The van der Waals surface area contributed by atoms with E-state index < -0.39 is 0 Å². The van der Waals surface area contributed by atoms with E-state index in [1.165, 1.54) is 0 Å². The number of oxime groups is 1. The third-order valence-electron chi connectivity index (χ3n) is 2.69. The molecule has 0 N–H and O–H groups in total. The van der Waals surface area contributed by atoms with E-state index in [9.17, 15) is 4.79 Å². The van der Waals surface area contributed by atoms with Crippen molar-refractivity contribution in [2.75, 3.05) is 13.1 Å². The molecule has 0 unspecified atom stereocenters. The van der Waals surface area contributed by atoms with Crippen LogP contribution in [0.4, 0.5) is 0 Å². The number of nitrogens with zero attached hydrogens (tertiary/aromatic N) is 2. The van der Waals surface area contributed by atoms with Gasteiger partial charge < -0.3 is 9.68 Å². The lowest BCUT2D eigenvalue weighted by molar-refractivity contribution is -0.171. The van der Waals surface area contributed by atoms with Crippen LogP contribution in [0.25, 0.3) is 0 Å². The third-order valence-corrected chi connectivity index (χ3v) is 2.69. The fourth-order valence-electron chi connectivity index (χ4n) is 1.82. The molecule has 1 fully saturated rings. The number of rotatable bonds is 5. The average molecular weight is 248 g/mol. The first-order chi connectivity index (χ1) is 8.88. The molecule has 1 aromatic rings. The Morgan fingerprint density at radius 2 is 2.17 bits per heavy atom. The molecule has 0 atom stereocenters. The number of hydrogen-bond donors (Lipinski definition) is 0. The summed E-state index contributed by atoms with van der Waals surface area (Å²) >= 11 is 0. The molecule has 2 rings (SSSR count). The Hall–Kier alpha value is -1.88. The van der Waals surface area contributed by atoms with Crippen LogP contribution in [0.15, 0.2) is 35.5 Å². The highest BCUT2D eigenvalue weighted by Crippen LogP contribution is 2.08. The quantitative estimate of drug-likeness (QED) is 0.588. The highest BCUT2D eigenvalue weighted by molar-refractivity contribution is 5.86. The molecule has 0 saturated carbocycles. The van der Waals surface area contributed by atoms with Gasteiger partial charge in [-0.2, -0.15) is 0 Å². The summed E-state index contributed by atoms with van der Waals surface area (Å²) in [6.45, 7) is 2.16. The first-order valence-corrected chi connectivity index (χ1v) is 5.95. The van der Waals surface area contributed by atoms with Crippen molar-refractivity contribution in [3.63, 3.8) is 0 Å². The van der Waals surface area contributed by atoms with Gasteiger partial charge in [-0.3, -0.25) is 4.79 Å². The van der Waals surface area contributed by atoms with Gasteiger partial charge in [-0.1, -0.05) is 35.5 Å². The molecule has 0 radical (unpaired) electrons. The number of carbonyl (C=O) groups excluding carboxylic acids is 1. The van der Waals surface area contributed by atoms with Crippen LogP contribution >= 0.6 is 0 Å². The summed E-state index contributed by atoms with van der Waals surface area (Å²) in [6.07, 6.45) is 1.80. The molecule has 0 aromatic heterocycles. The van der Waals surface area contributed by atoms with Crippen LogP contribution in [0.5, 0.6) is 0 Å². The Bertz CT molecular complexity index is 406. The smallest absolute Gasteiger partial charge is 0.313 e. The Labute approximate surface area is 106 Å². The first-order valence-electron chi connectivity index (χ1n) is 5.95. The molecule has 1 aliphatic heterocycles. The standard InChI is InChI=1S/C13H16N2O3/c16-11-18-15-8-4-7-13(9-15)14-17-10-12-5-2-1-3-6-12/h1-3,5-6,11H,4,7-10H2. The number of carbonyl (C=O) groups is 1. The van der Waals surface area contributed by atoms with Gasteiger partial charge in [0, 0.05) is 6.54 Å². The minimum Gasteiger partial charge on any atom is -0.391 e. The molecule has 96 valence electrons. The van der Waals surface area contributed by atoms with E-state index in [-0.39, 0.29) is 0 Å². The zero-order valence-corrected chi connectivity index (χ0v) is 10.1. The maximum atomic E-state index is 10.2. The summed E-state index contributed by atoms with van der Waals surface area (Å²) in [5.41, 5.74) is 1.98. The highest BCUT2D eigenvalue weighted by Gasteiger charge is 2.16. The van der Waals surface area contributed by atoms with Crippen LogP contribution in [0.2, 0.25) is 0 Å².